The predicted octanol–water partition coefficient (Wildman–Crippen LogP) is 1.04. The number of carboxylic acid groups (broad SMARTS) is 1. The summed E-state index contributed by atoms with van der Waals surface area (Å²) in [4.78, 5) is 24.6. The summed E-state index contributed by atoms with van der Waals surface area (Å²) in [5, 5.41) is 8.57. The number of amides is 1. The lowest BCUT2D eigenvalue weighted by Crippen LogP contribution is -2.41. The fourth-order valence-corrected chi connectivity index (χ4v) is 2.40. The van der Waals surface area contributed by atoms with Crippen LogP contribution < -0.4 is 0 Å². The van der Waals surface area contributed by atoms with Crippen molar-refractivity contribution in [3.63, 3.8) is 0 Å². The van der Waals surface area contributed by atoms with Gasteiger partial charge >= 0.3 is 5.97 Å². The van der Waals surface area contributed by atoms with E-state index in [1.165, 1.54) is 0 Å². The van der Waals surface area contributed by atoms with Crippen LogP contribution in [0.15, 0.2) is 12.1 Å². The first-order valence-electron chi connectivity index (χ1n) is 6.74. The molecule has 0 bridgehead atoms. The van der Waals surface area contributed by atoms with E-state index in [-0.39, 0.29) is 18.6 Å². The molecule has 6 nitrogen and oxygen atoms in total. The Morgan fingerprint density at radius 3 is 2.50 bits per heavy atom. The van der Waals surface area contributed by atoms with Gasteiger partial charge in [0.15, 0.2) is 0 Å². The first-order valence-corrected chi connectivity index (χ1v) is 6.74. The van der Waals surface area contributed by atoms with Crippen LogP contribution in [-0.4, -0.2) is 52.3 Å². The molecule has 110 valence electrons. The van der Waals surface area contributed by atoms with Crippen LogP contribution in [0.1, 0.15) is 29.0 Å². The van der Waals surface area contributed by atoms with Crippen molar-refractivity contribution < 1.29 is 19.4 Å². The molecular weight excluding hydrogens is 260 g/mol. The zero-order valence-electron chi connectivity index (χ0n) is 11.8. The minimum Gasteiger partial charge on any atom is -0.480 e. The highest BCUT2D eigenvalue weighted by molar-refractivity contribution is 5.93. The lowest BCUT2D eigenvalue weighted by Gasteiger charge is -2.31. The summed E-state index contributed by atoms with van der Waals surface area (Å²) in [6, 6.07) is 3.76. The van der Waals surface area contributed by atoms with Crippen LogP contribution in [0.25, 0.3) is 0 Å². The van der Waals surface area contributed by atoms with Crippen molar-refractivity contribution in [1.29, 1.82) is 0 Å². The van der Waals surface area contributed by atoms with E-state index in [9.17, 15) is 9.59 Å². The number of ether oxygens (including phenoxy) is 1. The molecule has 2 heterocycles. The number of aliphatic carboxylic acids is 1. The lowest BCUT2D eigenvalue weighted by atomic mass is 10.1. The molecule has 1 aliphatic rings. The SMILES string of the molecule is Cc1ccc(C(=O)N2CCC(OCC(=O)O)CC2)n1C. The van der Waals surface area contributed by atoms with Gasteiger partial charge in [-0.2, -0.15) is 0 Å². The van der Waals surface area contributed by atoms with E-state index in [1.54, 1.807) is 4.90 Å². The van der Waals surface area contributed by atoms with Crippen molar-refractivity contribution in [3.05, 3.63) is 23.5 Å². The number of carbonyl (C=O) groups excluding carboxylic acids is 1. The summed E-state index contributed by atoms with van der Waals surface area (Å²) >= 11 is 0. The van der Waals surface area contributed by atoms with Gasteiger partial charge < -0.3 is 19.3 Å². The standard InChI is InChI=1S/C14H20N2O4/c1-10-3-4-12(15(10)2)14(19)16-7-5-11(6-8-16)20-9-13(17)18/h3-4,11H,5-9H2,1-2H3,(H,17,18). The summed E-state index contributed by atoms with van der Waals surface area (Å²) < 4.78 is 7.15. The third kappa shape index (κ3) is 3.19. The number of carbonyl (C=O) groups is 2. The average molecular weight is 280 g/mol. The van der Waals surface area contributed by atoms with Crippen molar-refractivity contribution in [3.8, 4) is 0 Å². The minimum atomic E-state index is -0.956. The molecule has 0 atom stereocenters. The summed E-state index contributed by atoms with van der Waals surface area (Å²) in [5.41, 5.74) is 1.74. The molecule has 0 aliphatic carbocycles. The number of nitrogens with zero attached hydrogens (tertiary/aromatic N) is 2. The van der Waals surface area contributed by atoms with Crippen LogP contribution in [0, 0.1) is 6.92 Å². The molecule has 1 aliphatic heterocycles. The third-order valence-electron chi connectivity index (χ3n) is 3.76. The summed E-state index contributed by atoms with van der Waals surface area (Å²) in [6.07, 6.45) is 1.30. The highest BCUT2D eigenvalue weighted by Crippen LogP contribution is 2.17. The van der Waals surface area contributed by atoms with Crippen molar-refractivity contribution in [2.24, 2.45) is 7.05 Å². The smallest absolute Gasteiger partial charge is 0.329 e. The normalized spacial score (nSPS) is 16.4. The Morgan fingerprint density at radius 1 is 1.35 bits per heavy atom. The molecule has 1 aromatic heterocycles. The van der Waals surface area contributed by atoms with Crippen molar-refractivity contribution in [2.75, 3.05) is 19.7 Å². The highest BCUT2D eigenvalue weighted by atomic mass is 16.5. The second kappa shape index (κ2) is 6.09. The molecule has 0 aromatic carbocycles. The van der Waals surface area contributed by atoms with E-state index in [2.05, 4.69) is 0 Å². The summed E-state index contributed by atoms with van der Waals surface area (Å²) in [5.74, 6) is -0.930. The van der Waals surface area contributed by atoms with Crippen molar-refractivity contribution in [1.82, 2.24) is 9.47 Å². The molecule has 0 unspecified atom stereocenters. The van der Waals surface area contributed by atoms with Crippen molar-refractivity contribution >= 4 is 11.9 Å². The summed E-state index contributed by atoms with van der Waals surface area (Å²) in [7, 11) is 1.88. The van der Waals surface area contributed by atoms with Gasteiger partial charge in [-0.15, -0.1) is 0 Å². The maximum atomic E-state index is 12.4. The molecule has 1 N–H and O–H groups in total. The van der Waals surface area contributed by atoms with Crippen LogP contribution >= 0.6 is 0 Å². The third-order valence-corrected chi connectivity index (χ3v) is 3.76. The van der Waals surface area contributed by atoms with Gasteiger partial charge in [-0.25, -0.2) is 4.79 Å². The first-order chi connectivity index (χ1) is 9.49. The second-order valence-electron chi connectivity index (χ2n) is 5.12. The average Bonchev–Trinajstić information content (AvgIpc) is 2.76. The second-order valence-corrected chi connectivity index (χ2v) is 5.12. The molecule has 0 radical (unpaired) electrons. The summed E-state index contributed by atoms with van der Waals surface area (Å²) in [6.45, 7) is 2.90. The quantitative estimate of drug-likeness (QED) is 0.894. The van der Waals surface area contributed by atoms with E-state index in [0.717, 1.165) is 5.69 Å². The largest absolute Gasteiger partial charge is 0.480 e. The molecule has 1 aromatic rings. The Balaban J connectivity index is 1.89. The monoisotopic (exact) mass is 280 g/mol. The number of carboxylic acids is 1. The van der Waals surface area contributed by atoms with Crippen LogP contribution in [0.3, 0.4) is 0 Å². The van der Waals surface area contributed by atoms with E-state index >= 15 is 0 Å². The number of rotatable bonds is 4. The topological polar surface area (TPSA) is 71.8 Å². The van der Waals surface area contributed by atoms with Gasteiger partial charge in [-0.1, -0.05) is 0 Å². The van der Waals surface area contributed by atoms with Gasteiger partial charge in [0.25, 0.3) is 5.91 Å². The van der Waals surface area contributed by atoms with Gasteiger partial charge in [-0.3, -0.25) is 4.79 Å². The predicted molar refractivity (Wildman–Crippen MR) is 72.7 cm³/mol. The molecule has 0 saturated carbocycles. The Bertz CT molecular complexity index is 501. The highest BCUT2D eigenvalue weighted by Gasteiger charge is 2.25. The number of hydrogen-bond acceptors (Lipinski definition) is 3. The van der Waals surface area contributed by atoms with Gasteiger partial charge in [-0.05, 0) is 31.9 Å². The maximum Gasteiger partial charge on any atom is 0.329 e. The number of aromatic nitrogens is 1. The molecule has 20 heavy (non-hydrogen) atoms. The van der Waals surface area contributed by atoms with Crippen LogP contribution in [0.2, 0.25) is 0 Å². The van der Waals surface area contributed by atoms with Crippen molar-refractivity contribution in [2.45, 2.75) is 25.9 Å². The Hall–Kier alpha value is -1.82. The maximum absolute atomic E-state index is 12.4. The van der Waals surface area contributed by atoms with Crippen LogP contribution in [0.5, 0.6) is 0 Å². The van der Waals surface area contributed by atoms with Gasteiger partial charge in [0.05, 0.1) is 6.10 Å². The van der Waals surface area contributed by atoms with Crippen LogP contribution in [-0.2, 0) is 16.6 Å². The number of hydrogen-bond donors (Lipinski definition) is 1. The number of likely N-dealkylation sites (tertiary alicyclic amines) is 1. The zero-order valence-corrected chi connectivity index (χ0v) is 11.8. The van der Waals surface area contributed by atoms with Gasteiger partial charge in [0.1, 0.15) is 12.3 Å². The van der Waals surface area contributed by atoms with Crippen LogP contribution in [0.4, 0.5) is 0 Å². The fraction of sp³-hybridized carbons (Fsp3) is 0.571. The fourth-order valence-electron chi connectivity index (χ4n) is 2.40. The van der Waals surface area contributed by atoms with E-state index in [0.29, 0.717) is 31.6 Å². The first kappa shape index (κ1) is 14.6. The van der Waals surface area contributed by atoms with E-state index in [1.807, 2.05) is 30.7 Å². The zero-order chi connectivity index (χ0) is 14.7. The molecule has 2 rings (SSSR count). The molecule has 0 spiro atoms. The van der Waals surface area contributed by atoms with Gasteiger partial charge in [0.2, 0.25) is 0 Å². The van der Waals surface area contributed by atoms with E-state index in [4.69, 9.17) is 9.84 Å². The molecule has 1 fully saturated rings. The molecular formula is C14H20N2O4. The number of aryl methyl sites for hydroxylation is 1. The van der Waals surface area contributed by atoms with Gasteiger partial charge in [0, 0.05) is 25.8 Å². The molecule has 1 amide bonds. The van der Waals surface area contributed by atoms with E-state index < -0.39 is 5.97 Å². The Morgan fingerprint density at radius 2 is 2.00 bits per heavy atom. The molecule has 6 heteroatoms. The molecule has 1 saturated heterocycles. The Labute approximate surface area is 117 Å². The minimum absolute atomic E-state index is 0.0253. The number of piperidine rings is 1. The lowest BCUT2D eigenvalue weighted by molar-refractivity contribution is -0.145. The Kier molecular flexibility index (Phi) is 4.44.